The van der Waals surface area contributed by atoms with E-state index in [4.69, 9.17) is 11.6 Å². The zero-order valence-electron chi connectivity index (χ0n) is 15.8. The monoisotopic (exact) mass is 395 g/mol. The summed E-state index contributed by atoms with van der Waals surface area (Å²) in [6.45, 7) is 5.48. The molecule has 3 rings (SSSR count). The van der Waals surface area contributed by atoms with Crippen LogP contribution in [0.15, 0.2) is 18.2 Å². The van der Waals surface area contributed by atoms with Gasteiger partial charge >= 0.3 is 0 Å². The molecule has 0 radical (unpaired) electrons. The Morgan fingerprint density at radius 2 is 1.89 bits per heavy atom. The third-order valence-electron chi connectivity index (χ3n) is 5.54. The molecule has 148 valence electrons. The first-order chi connectivity index (χ1) is 13.0. The molecule has 0 spiro atoms. The van der Waals surface area contributed by atoms with E-state index in [1.165, 1.54) is 6.07 Å². The van der Waals surface area contributed by atoms with Crippen molar-refractivity contribution in [2.45, 2.75) is 45.2 Å². The molecule has 2 fully saturated rings. The predicted molar refractivity (Wildman–Crippen MR) is 103 cm³/mol. The van der Waals surface area contributed by atoms with E-state index in [2.05, 4.69) is 4.90 Å². The Hall–Kier alpha value is -1.66. The fraction of sp³-hybridized carbons (Fsp3) is 0.600. The van der Waals surface area contributed by atoms with Crippen LogP contribution >= 0.6 is 11.6 Å². The van der Waals surface area contributed by atoms with Crippen molar-refractivity contribution in [2.24, 2.45) is 0 Å². The van der Waals surface area contributed by atoms with E-state index in [0.717, 1.165) is 19.3 Å². The lowest BCUT2D eigenvalue weighted by Crippen LogP contribution is -2.57. The molecule has 7 heteroatoms. The third-order valence-corrected chi connectivity index (χ3v) is 5.89. The number of benzene rings is 1. The van der Waals surface area contributed by atoms with Crippen molar-refractivity contribution in [1.29, 1.82) is 0 Å². The maximum absolute atomic E-state index is 14.0. The molecule has 1 aromatic rings. The molecule has 27 heavy (non-hydrogen) atoms. The number of nitrogens with zero attached hydrogens (tertiary/aromatic N) is 3. The Morgan fingerprint density at radius 3 is 2.56 bits per heavy atom. The van der Waals surface area contributed by atoms with Crippen LogP contribution in [0.4, 0.5) is 4.39 Å². The Labute approximate surface area is 165 Å². The van der Waals surface area contributed by atoms with Crippen LogP contribution < -0.4 is 0 Å². The van der Waals surface area contributed by atoms with Gasteiger partial charge < -0.3 is 9.80 Å². The van der Waals surface area contributed by atoms with Gasteiger partial charge in [0.15, 0.2) is 0 Å². The van der Waals surface area contributed by atoms with E-state index < -0.39 is 0 Å². The molecule has 1 aromatic carbocycles. The molecule has 2 saturated heterocycles. The number of piperidine rings is 1. The van der Waals surface area contributed by atoms with E-state index in [1.807, 2.05) is 11.8 Å². The molecule has 0 bridgehead atoms. The van der Waals surface area contributed by atoms with Crippen molar-refractivity contribution in [3.05, 3.63) is 34.6 Å². The van der Waals surface area contributed by atoms with Gasteiger partial charge in [0.05, 0.1) is 0 Å². The average Bonchev–Trinajstić information content (AvgIpc) is 2.70. The quantitative estimate of drug-likeness (QED) is 0.787. The smallest absolute Gasteiger partial charge is 0.245 e. The van der Waals surface area contributed by atoms with Crippen molar-refractivity contribution in [2.75, 3.05) is 32.7 Å². The molecule has 0 aromatic heterocycles. The number of likely N-dealkylation sites (tertiary alicyclic amines) is 1. The largest absolute Gasteiger partial charge is 0.338 e. The lowest BCUT2D eigenvalue weighted by atomic mass is 10.00. The van der Waals surface area contributed by atoms with Gasteiger partial charge in [-0.3, -0.25) is 14.5 Å². The third kappa shape index (κ3) is 4.61. The molecule has 2 aliphatic heterocycles. The van der Waals surface area contributed by atoms with Crippen LogP contribution in [-0.4, -0.2) is 65.3 Å². The molecule has 2 aliphatic rings. The predicted octanol–water partition coefficient (Wildman–Crippen LogP) is 2.91. The number of hydrogen-bond acceptors (Lipinski definition) is 3. The number of carbonyl (C=O) groups excluding carboxylic acids is 2. The van der Waals surface area contributed by atoms with Crippen LogP contribution in [0.1, 0.15) is 38.2 Å². The zero-order valence-corrected chi connectivity index (χ0v) is 16.6. The summed E-state index contributed by atoms with van der Waals surface area (Å²) in [5, 5.41) is 0.435. The summed E-state index contributed by atoms with van der Waals surface area (Å²) in [7, 11) is 0. The maximum atomic E-state index is 14.0. The number of amides is 2. The lowest BCUT2D eigenvalue weighted by molar-refractivity contribution is -0.148. The van der Waals surface area contributed by atoms with Crippen LogP contribution in [0, 0.1) is 5.82 Å². The van der Waals surface area contributed by atoms with Gasteiger partial charge in [-0.1, -0.05) is 24.6 Å². The van der Waals surface area contributed by atoms with Gasteiger partial charge in [-0.2, -0.15) is 0 Å². The highest BCUT2D eigenvalue weighted by Gasteiger charge is 2.35. The van der Waals surface area contributed by atoms with Gasteiger partial charge in [-0.05, 0) is 31.4 Å². The van der Waals surface area contributed by atoms with Crippen LogP contribution in [0.5, 0.6) is 0 Å². The molecular weight excluding hydrogens is 369 g/mol. The van der Waals surface area contributed by atoms with E-state index in [-0.39, 0.29) is 23.7 Å². The van der Waals surface area contributed by atoms with E-state index >= 15 is 0 Å². The van der Waals surface area contributed by atoms with Crippen LogP contribution in [-0.2, 0) is 16.1 Å². The summed E-state index contributed by atoms with van der Waals surface area (Å²) < 4.78 is 14.0. The molecule has 5 nitrogen and oxygen atoms in total. The van der Waals surface area contributed by atoms with Gasteiger partial charge in [0, 0.05) is 56.3 Å². The molecule has 2 amide bonds. The number of rotatable bonds is 4. The second-order valence-corrected chi connectivity index (χ2v) is 7.66. The van der Waals surface area contributed by atoms with Gasteiger partial charge in [-0.25, -0.2) is 4.39 Å². The van der Waals surface area contributed by atoms with Crippen molar-refractivity contribution < 1.29 is 14.0 Å². The van der Waals surface area contributed by atoms with Crippen LogP contribution in [0.3, 0.4) is 0 Å². The first-order valence-corrected chi connectivity index (χ1v) is 10.1. The van der Waals surface area contributed by atoms with Crippen molar-refractivity contribution in [1.82, 2.24) is 14.7 Å². The lowest BCUT2D eigenvalue weighted by Gasteiger charge is -2.41. The standard InChI is InChI=1S/C20H27ClFN3O2/c1-2-19(26)25-9-4-3-8-18(25)20(27)24-12-10-23(11-13-24)14-15-16(21)6-5-7-17(15)22/h5-7,18H,2-4,8-14H2,1H3. The minimum atomic E-state index is -0.321. The van der Waals surface area contributed by atoms with E-state index in [1.54, 1.807) is 17.0 Å². The molecule has 0 N–H and O–H groups in total. The zero-order chi connectivity index (χ0) is 19.4. The molecule has 2 heterocycles. The Morgan fingerprint density at radius 1 is 1.15 bits per heavy atom. The SMILES string of the molecule is CCC(=O)N1CCCCC1C(=O)N1CCN(Cc2c(F)cccc2Cl)CC1. The average molecular weight is 396 g/mol. The Kier molecular flexibility index (Phi) is 6.71. The molecule has 0 saturated carbocycles. The van der Waals surface area contributed by atoms with E-state index in [0.29, 0.717) is 56.3 Å². The number of piperazine rings is 1. The van der Waals surface area contributed by atoms with Gasteiger partial charge in [0.2, 0.25) is 11.8 Å². The molecule has 1 unspecified atom stereocenters. The normalized spacial score (nSPS) is 21.4. The number of hydrogen-bond donors (Lipinski definition) is 0. The van der Waals surface area contributed by atoms with Crippen LogP contribution in [0.25, 0.3) is 0 Å². The fourth-order valence-electron chi connectivity index (χ4n) is 3.93. The van der Waals surface area contributed by atoms with Crippen molar-refractivity contribution in [3.8, 4) is 0 Å². The molecule has 0 aliphatic carbocycles. The summed E-state index contributed by atoms with van der Waals surface area (Å²) in [4.78, 5) is 30.9. The fourth-order valence-corrected chi connectivity index (χ4v) is 4.16. The highest BCUT2D eigenvalue weighted by molar-refractivity contribution is 6.31. The highest BCUT2D eigenvalue weighted by Crippen LogP contribution is 2.23. The second-order valence-electron chi connectivity index (χ2n) is 7.25. The maximum Gasteiger partial charge on any atom is 0.245 e. The van der Waals surface area contributed by atoms with Gasteiger partial charge in [0.25, 0.3) is 0 Å². The van der Waals surface area contributed by atoms with Crippen LogP contribution in [0.2, 0.25) is 5.02 Å². The second kappa shape index (κ2) is 9.02. The van der Waals surface area contributed by atoms with Gasteiger partial charge in [-0.15, -0.1) is 0 Å². The highest BCUT2D eigenvalue weighted by atomic mass is 35.5. The Bertz CT molecular complexity index is 672. The summed E-state index contributed by atoms with van der Waals surface area (Å²) >= 11 is 6.12. The summed E-state index contributed by atoms with van der Waals surface area (Å²) in [5.74, 6) is -0.183. The molecule has 1 atom stereocenters. The minimum absolute atomic E-state index is 0.0556. The topological polar surface area (TPSA) is 43.9 Å². The van der Waals surface area contributed by atoms with Crippen molar-refractivity contribution >= 4 is 23.4 Å². The van der Waals surface area contributed by atoms with Crippen molar-refractivity contribution in [3.63, 3.8) is 0 Å². The Balaban J connectivity index is 1.58. The minimum Gasteiger partial charge on any atom is -0.338 e. The first kappa shape index (κ1) is 20.1. The summed E-state index contributed by atoms with van der Waals surface area (Å²) in [6, 6.07) is 4.40. The summed E-state index contributed by atoms with van der Waals surface area (Å²) in [5.41, 5.74) is 0.506. The number of carbonyl (C=O) groups is 2. The van der Waals surface area contributed by atoms with E-state index in [9.17, 15) is 14.0 Å². The number of halogens is 2. The summed E-state index contributed by atoms with van der Waals surface area (Å²) in [6.07, 6.45) is 3.12. The molecular formula is C20H27ClFN3O2. The first-order valence-electron chi connectivity index (χ1n) is 9.74. The van der Waals surface area contributed by atoms with Gasteiger partial charge in [0.1, 0.15) is 11.9 Å².